The van der Waals surface area contributed by atoms with E-state index in [1.165, 1.54) is 11.3 Å². The topological polar surface area (TPSA) is 80.9 Å². The molecule has 2 aromatic heterocycles. The highest BCUT2D eigenvalue weighted by Gasteiger charge is 2.19. The third kappa shape index (κ3) is 3.23. The Bertz CT molecular complexity index is 618. The maximum atomic E-state index is 11.9. The summed E-state index contributed by atoms with van der Waals surface area (Å²) in [5.41, 5.74) is 7.56. The summed E-state index contributed by atoms with van der Waals surface area (Å²) in [6.07, 6.45) is 0. The van der Waals surface area contributed by atoms with E-state index in [2.05, 4.69) is 15.3 Å². The Hall–Kier alpha value is -1.31. The average Bonchev–Trinajstić information content (AvgIpc) is 2.94. The molecule has 0 saturated heterocycles. The Kier molecular flexibility index (Phi) is 4.52. The van der Waals surface area contributed by atoms with Crippen LogP contribution in [0.25, 0.3) is 10.6 Å². The minimum absolute atomic E-state index is 0.0990. The van der Waals surface area contributed by atoms with Gasteiger partial charge in [0, 0.05) is 11.4 Å². The lowest BCUT2D eigenvalue weighted by atomic mass is 10.0. The van der Waals surface area contributed by atoms with Crippen molar-refractivity contribution >= 4 is 33.7 Å². The van der Waals surface area contributed by atoms with Crippen molar-refractivity contribution in [2.75, 3.05) is 5.32 Å². The van der Waals surface area contributed by atoms with E-state index in [4.69, 9.17) is 5.73 Å². The largest absolute Gasteiger partial charge is 0.327 e. The van der Waals surface area contributed by atoms with Crippen molar-refractivity contribution in [1.82, 2.24) is 9.97 Å². The van der Waals surface area contributed by atoms with Gasteiger partial charge in [0.15, 0.2) is 5.13 Å². The van der Waals surface area contributed by atoms with Gasteiger partial charge in [-0.3, -0.25) is 4.79 Å². The fourth-order valence-corrected chi connectivity index (χ4v) is 3.32. The van der Waals surface area contributed by atoms with Crippen molar-refractivity contribution in [2.45, 2.75) is 33.7 Å². The Morgan fingerprint density at radius 2 is 2.05 bits per heavy atom. The summed E-state index contributed by atoms with van der Waals surface area (Å²) in [4.78, 5) is 21.8. The summed E-state index contributed by atoms with van der Waals surface area (Å²) in [5, 5.41) is 6.36. The summed E-state index contributed by atoms with van der Waals surface area (Å²) >= 11 is 3.03. The Balaban J connectivity index is 2.14. The van der Waals surface area contributed by atoms with Crippen LogP contribution in [-0.2, 0) is 4.79 Å². The summed E-state index contributed by atoms with van der Waals surface area (Å²) in [6.45, 7) is 7.57. The van der Waals surface area contributed by atoms with Gasteiger partial charge in [0.2, 0.25) is 5.91 Å². The van der Waals surface area contributed by atoms with Crippen molar-refractivity contribution in [3.63, 3.8) is 0 Å². The van der Waals surface area contributed by atoms with Crippen molar-refractivity contribution in [1.29, 1.82) is 0 Å². The van der Waals surface area contributed by atoms with Crippen LogP contribution in [0.5, 0.6) is 0 Å². The lowest BCUT2D eigenvalue weighted by Gasteiger charge is -2.13. The van der Waals surface area contributed by atoms with Gasteiger partial charge < -0.3 is 11.1 Å². The van der Waals surface area contributed by atoms with Crippen LogP contribution < -0.4 is 11.1 Å². The second-order valence-electron chi connectivity index (χ2n) is 4.82. The van der Waals surface area contributed by atoms with E-state index >= 15 is 0 Å². The number of anilines is 1. The number of aryl methyl sites for hydroxylation is 2. The molecule has 1 amide bonds. The molecule has 2 heterocycles. The molecule has 0 spiro atoms. The number of rotatable bonds is 4. The van der Waals surface area contributed by atoms with E-state index < -0.39 is 0 Å². The zero-order valence-corrected chi connectivity index (χ0v) is 13.6. The number of amides is 1. The number of hydrogen-bond donors (Lipinski definition) is 2. The SMILES string of the molecule is Cc1nc(C)c(-c2csc(NC(=O)C(C)C(C)N)n2)s1. The molecule has 2 rings (SSSR count). The third-order valence-electron chi connectivity index (χ3n) is 3.07. The molecular formula is C13H18N4OS2. The van der Waals surface area contributed by atoms with Crippen LogP contribution in [-0.4, -0.2) is 21.9 Å². The predicted octanol–water partition coefficient (Wildman–Crippen LogP) is 2.81. The van der Waals surface area contributed by atoms with Crippen molar-refractivity contribution < 1.29 is 4.79 Å². The van der Waals surface area contributed by atoms with E-state index in [1.54, 1.807) is 11.3 Å². The van der Waals surface area contributed by atoms with Gasteiger partial charge in [-0.05, 0) is 20.8 Å². The fraction of sp³-hybridized carbons (Fsp3) is 0.462. The first-order valence-corrected chi connectivity index (χ1v) is 8.04. The number of nitrogens with one attached hydrogen (secondary N) is 1. The second kappa shape index (κ2) is 5.99. The van der Waals surface area contributed by atoms with Crippen LogP contribution in [0, 0.1) is 19.8 Å². The van der Waals surface area contributed by atoms with Crippen LogP contribution in [0.4, 0.5) is 5.13 Å². The quantitative estimate of drug-likeness (QED) is 0.910. The maximum Gasteiger partial charge on any atom is 0.230 e. The van der Waals surface area contributed by atoms with Gasteiger partial charge in [-0.1, -0.05) is 6.92 Å². The summed E-state index contributed by atoms with van der Waals surface area (Å²) in [7, 11) is 0. The zero-order chi connectivity index (χ0) is 14.9. The van der Waals surface area contributed by atoms with E-state index in [0.29, 0.717) is 5.13 Å². The van der Waals surface area contributed by atoms with Crippen LogP contribution >= 0.6 is 22.7 Å². The average molecular weight is 310 g/mol. The molecule has 0 aliphatic rings. The fourth-order valence-electron chi connectivity index (χ4n) is 1.66. The van der Waals surface area contributed by atoms with Crippen molar-refractivity contribution in [2.24, 2.45) is 11.7 Å². The summed E-state index contributed by atoms with van der Waals surface area (Å²) in [6, 6.07) is -0.180. The first kappa shape index (κ1) is 15.1. The molecule has 0 aromatic carbocycles. The van der Waals surface area contributed by atoms with Crippen LogP contribution in [0.1, 0.15) is 24.5 Å². The highest BCUT2D eigenvalue weighted by atomic mass is 32.1. The number of nitrogens with zero attached hydrogens (tertiary/aromatic N) is 2. The summed E-state index contributed by atoms with van der Waals surface area (Å²) < 4.78 is 0. The predicted molar refractivity (Wildman–Crippen MR) is 84.1 cm³/mol. The number of aromatic nitrogens is 2. The van der Waals surface area contributed by atoms with Gasteiger partial charge in [-0.25, -0.2) is 9.97 Å². The van der Waals surface area contributed by atoms with E-state index in [9.17, 15) is 4.79 Å². The number of carbonyl (C=O) groups excluding carboxylic acids is 1. The number of carbonyl (C=O) groups is 1. The molecule has 0 bridgehead atoms. The van der Waals surface area contributed by atoms with Crippen molar-refractivity contribution in [3.8, 4) is 10.6 Å². The van der Waals surface area contributed by atoms with Crippen LogP contribution in [0.15, 0.2) is 5.38 Å². The normalized spacial score (nSPS) is 14.1. The lowest BCUT2D eigenvalue weighted by molar-refractivity contribution is -0.119. The van der Waals surface area contributed by atoms with Gasteiger partial charge in [0.05, 0.1) is 27.2 Å². The molecule has 2 atom stereocenters. The Morgan fingerprint density at radius 3 is 2.60 bits per heavy atom. The highest BCUT2D eigenvalue weighted by molar-refractivity contribution is 7.16. The van der Waals surface area contributed by atoms with E-state index in [-0.39, 0.29) is 17.9 Å². The maximum absolute atomic E-state index is 11.9. The smallest absolute Gasteiger partial charge is 0.230 e. The van der Waals surface area contributed by atoms with Crippen LogP contribution in [0.2, 0.25) is 0 Å². The molecule has 108 valence electrons. The van der Waals surface area contributed by atoms with Gasteiger partial charge in [-0.15, -0.1) is 22.7 Å². The van der Waals surface area contributed by atoms with Crippen molar-refractivity contribution in [3.05, 3.63) is 16.1 Å². The standard InChI is InChI=1S/C13H18N4OS2/c1-6(7(2)14)12(18)17-13-16-10(5-19-13)11-8(3)15-9(4)20-11/h5-7H,14H2,1-4H3,(H,16,17,18). The molecule has 0 radical (unpaired) electrons. The minimum atomic E-state index is -0.241. The first-order chi connectivity index (χ1) is 9.38. The van der Waals surface area contributed by atoms with Gasteiger partial charge in [0.1, 0.15) is 0 Å². The van der Waals surface area contributed by atoms with Gasteiger partial charge in [0.25, 0.3) is 0 Å². The molecule has 0 aliphatic carbocycles. The van der Waals surface area contributed by atoms with Crippen LogP contribution in [0.3, 0.4) is 0 Å². The molecule has 0 aliphatic heterocycles. The Labute approximate surface area is 126 Å². The zero-order valence-electron chi connectivity index (χ0n) is 11.9. The summed E-state index contributed by atoms with van der Waals surface area (Å²) in [5.74, 6) is -0.340. The molecule has 2 unspecified atom stereocenters. The van der Waals surface area contributed by atoms with E-state index in [0.717, 1.165) is 21.3 Å². The molecule has 5 nitrogen and oxygen atoms in total. The number of thiazole rings is 2. The van der Waals surface area contributed by atoms with Gasteiger partial charge in [-0.2, -0.15) is 0 Å². The second-order valence-corrected chi connectivity index (χ2v) is 6.88. The first-order valence-electron chi connectivity index (χ1n) is 6.35. The number of nitrogens with two attached hydrogens (primary N) is 1. The minimum Gasteiger partial charge on any atom is -0.327 e. The third-order valence-corrected chi connectivity index (χ3v) is 4.93. The molecule has 7 heteroatoms. The van der Waals surface area contributed by atoms with Gasteiger partial charge >= 0.3 is 0 Å². The van der Waals surface area contributed by atoms with E-state index in [1.807, 2.05) is 33.1 Å². The monoisotopic (exact) mass is 310 g/mol. The molecule has 0 saturated carbocycles. The molecule has 20 heavy (non-hydrogen) atoms. The Morgan fingerprint density at radius 1 is 1.35 bits per heavy atom. The lowest BCUT2D eigenvalue weighted by Crippen LogP contribution is -2.34. The molecular weight excluding hydrogens is 292 g/mol. The molecule has 2 aromatic rings. The number of hydrogen-bond acceptors (Lipinski definition) is 6. The highest BCUT2D eigenvalue weighted by Crippen LogP contribution is 2.32. The molecule has 0 fully saturated rings. The molecule has 3 N–H and O–H groups in total.